The van der Waals surface area contributed by atoms with Crippen LogP contribution in [0.1, 0.15) is 17.3 Å². The van der Waals surface area contributed by atoms with E-state index in [1.807, 2.05) is 6.92 Å². The van der Waals surface area contributed by atoms with E-state index in [0.29, 0.717) is 45.4 Å². The van der Waals surface area contributed by atoms with E-state index < -0.39 is 12.6 Å². The number of nitrogens with zero attached hydrogens (tertiary/aromatic N) is 1. The topological polar surface area (TPSA) is 102 Å². The van der Waals surface area contributed by atoms with Crippen LogP contribution < -0.4 is 25.4 Å². The highest BCUT2D eigenvalue weighted by atomic mass is 35.5. The summed E-state index contributed by atoms with van der Waals surface area (Å²) in [7, 11) is 1.44. The van der Waals surface area contributed by atoms with Crippen molar-refractivity contribution in [3.63, 3.8) is 0 Å². The molecule has 0 radical (unpaired) electrons. The molecule has 3 N–H and O–H groups in total. The summed E-state index contributed by atoms with van der Waals surface area (Å²) in [5, 5.41) is 8.60. The molecule has 0 spiro atoms. The summed E-state index contributed by atoms with van der Waals surface area (Å²) in [5.41, 5.74) is 1.20. The van der Waals surface area contributed by atoms with E-state index in [4.69, 9.17) is 21.1 Å². The Balaban J connectivity index is 1.92. The van der Waals surface area contributed by atoms with Gasteiger partial charge in [0.25, 0.3) is 5.91 Å². The third-order valence-corrected chi connectivity index (χ3v) is 4.71. The van der Waals surface area contributed by atoms with Crippen molar-refractivity contribution in [3.8, 4) is 17.2 Å². The number of carbonyl (C=O) groups excluding carboxylic acids is 2. The fourth-order valence-corrected chi connectivity index (χ4v) is 3.17. The number of alkyl halides is 1. The number of hydrogen-bond donors (Lipinski definition) is 3. The predicted molar refractivity (Wildman–Crippen MR) is 121 cm³/mol. The van der Waals surface area contributed by atoms with Crippen molar-refractivity contribution in [2.24, 2.45) is 0 Å². The number of urea groups is 1. The van der Waals surface area contributed by atoms with Crippen molar-refractivity contribution in [3.05, 3.63) is 53.2 Å². The Morgan fingerprint density at radius 2 is 1.94 bits per heavy atom. The molecular formula is C22H22ClFN4O4. The summed E-state index contributed by atoms with van der Waals surface area (Å²) in [6, 6.07) is 9.30. The molecule has 1 heterocycles. The molecule has 3 rings (SSSR count). The molecule has 1 aromatic heterocycles. The summed E-state index contributed by atoms with van der Waals surface area (Å²) in [6.45, 7) is 1.51. The van der Waals surface area contributed by atoms with Crippen molar-refractivity contribution in [1.82, 2.24) is 15.6 Å². The average molecular weight is 461 g/mol. The highest BCUT2D eigenvalue weighted by Crippen LogP contribution is 2.35. The van der Waals surface area contributed by atoms with Crippen molar-refractivity contribution >= 4 is 40.1 Å². The first kappa shape index (κ1) is 23.1. The lowest BCUT2D eigenvalue weighted by Gasteiger charge is -2.14. The highest BCUT2D eigenvalue weighted by molar-refractivity contribution is 6.33. The van der Waals surface area contributed by atoms with Crippen LogP contribution in [0.4, 0.5) is 14.9 Å². The molecule has 0 aliphatic carbocycles. The zero-order valence-electron chi connectivity index (χ0n) is 17.5. The van der Waals surface area contributed by atoms with Crippen LogP contribution >= 0.6 is 11.6 Å². The first-order valence-electron chi connectivity index (χ1n) is 9.80. The molecule has 0 aliphatic rings. The number of hydrogen-bond acceptors (Lipinski definition) is 5. The second kappa shape index (κ2) is 10.6. The lowest BCUT2D eigenvalue weighted by Crippen LogP contribution is -2.28. The first-order chi connectivity index (χ1) is 15.5. The molecule has 0 bridgehead atoms. The number of nitrogens with one attached hydrogen (secondary N) is 3. The van der Waals surface area contributed by atoms with E-state index >= 15 is 0 Å². The minimum Gasteiger partial charge on any atom is -0.496 e. The summed E-state index contributed by atoms with van der Waals surface area (Å²) >= 11 is 6.28. The Morgan fingerprint density at radius 1 is 1.12 bits per heavy atom. The SMILES string of the molecule is CCNC(=O)Nc1ccc(Oc2ccnc3cc(OC)c(C(=O)NCCF)cc23)cc1Cl. The Bertz CT molecular complexity index is 1140. The molecule has 10 heteroatoms. The first-order valence-corrected chi connectivity index (χ1v) is 10.2. The molecule has 168 valence electrons. The monoisotopic (exact) mass is 460 g/mol. The Labute approximate surface area is 189 Å². The van der Waals surface area contributed by atoms with Crippen LogP contribution in [0.15, 0.2) is 42.6 Å². The van der Waals surface area contributed by atoms with Crippen LogP contribution in [-0.2, 0) is 0 Å². The number of benzene rings is 2. The zero-order chi connectivity index (χ0) is 23.1. The molecule has 0 aliphatic heterocycles. The summed E-state index contributed by atoms with van der Waals surface area (Å²) in [6.07, 6.45) is 1.56. The standard InChI is InChI=1S/C22H22ClFN4O4/c1-3-25-22(30)28-17-5-4-13(10-16(17)23)32-19-6-8-26-18-12-20(31-2)15(11-14(18)19)21(29)27-9-7-24/h4-6,8,10-12H,3,7,9H2,1-2H3,(H,27,29)(H2,25,28,30). The van der Waals surface area contributed by atoms with E-state index in [1.165, 1.54) is 7.11 Å². The van der Waals surface area contributed by atoms with Crippen LogP contribution in [0, 0.1) is 0 Å². The third kappa shape index (κ3) is 5.36. The summed E-state index contributed by atoms with van der Waals surface area (Å²) in [4.78, 5) is 28.5. The number of pyridine rings is 1. The molecule has 0 saturated carbocycles. The number of methoxy groups -OCH3 is 1. The van der Waals surface area contributed by atoms with E-state index in [1.54, 1.807) is 42.6 Å². The molecule has 0 atom stereocenters. The smallest absolute Gasteiger partial charge is 0.319 e. The number of rotatable bonds is 8. The normalized spacial score (nSPS) is 10.5. The fraction of sp³-hybridized carbons (Fsp3) is 0.227. The van der Waals surface area contributed by atoms with Gasteiger partial charge in [-0.25, -0.2) is 9.18 Å². The number of aromatic nitrogens is 1. The Hall–Kier alpha value is -3.59. The van der Waals surface area contributed by atoms with Gasteiger partial charge in [-0.05, 0) is 31.2 Å². The lowest BCUT2D eigenvalue weighted by molar-refractivity contribution is 0.0948. The molecular weight excluding hydrogens is 439 g/mol. The average Bonchev–Trinajstić information content (AvgIpc) is 2.78. The van der Waals surface area contributed by atoms with Crippen molar-refractivity contribution < 1.29 is 23.5 Å². The van der Waals surface area contributed by atoms with E-state index in [-0.39, 0.29) is 18.1 Å². The zero-order valence-corrected chi connectivity index (χ0v) is 18.3. The molecule has 0 fully saturated rings. The van der Waals surface area contributed by atoms with Crippen LogP contribution in [0.5, 0.6) is 17.2 Å². The molecule has 0 unspecified atom stereocenters. The van der Waals surface area contributed by atoms with Crippen molar-refractivity contribution in [2.45, 2.75) is 6.92 Å². The molecule has 3 amide bonds. The van der Waals surface area contributed by atoms with Gasteiger partial charge in [-0.1, -0.05) is 11.6 Å². The Morgan fingerprint density at radius 3 is 2.62 bits per heavy atom. The summed E-state index contributed by atoms with van der Waals surface area (Å²) < 4.78 is 23.7. The lowest BCUT2D eigenvalue weighted by atomic mass is 10.1. The number of ether oxygens (including phenoxy) is 2. The van der Waals surface area contributed by atoms with Crippen LogP contribution in [0.2, 0.25) is 5.02 Å². The van der Waals surface area contributed by atoms with Gasteiger partial charge in [-0.3, -0.25) is 9.78 Å². The van der Waals surface area contributed by atoms with Crippen molar-refractivity contribution in [2.75, 3.05) is 32.2 Å². The van der Waals surface area contributed by atoms with Gasteiger partial charge in [0.1, 0.15) is 23.9 Å². The van der Waals surface area contributed by atoms with Gasteiger partial charge in [0.15, 0.2) is 0 Å². The number of amides is 3. The van der Waals surface area contributed by atoms with Gasteiger partial charge in [-0.15, -0.1) is 0 Å². The van der Waals surface area contributed by atoms with Gasteiger partial charge in [0.2, 0.25) is 0 Å². The van der Waals surface area contributed by atoms with Crippen LogP contribution in [0.25, 0.3) is 10.9 Å². The van der Waals surface area contributed by atoms with E-state index in [0.717, 1.165) is 0 Å². The maximum Gasteiger partial charge on any atom is 0.319 e. The van der Waals surface area contributed by atoms with Crippen LogP contribution in [0.3, 0.4) is 0 Å². The molecule has 32 heavy (non-hydrogen) atoms. The van der Waals surface area contributed by atoms with Gasteiger partial charge in [-0.2, -0.15) is 0 Å². The van der Waals surface area contributed by atoms with Gasteiger partial charge < -0.3 is 25.4 Å². The summed E-state index contributed by atoms with van der Waals surface area (Å²) in [5.74, 6) is 0.684. The van der Waals surface area contributed by atoms with Crippen molar-refractivity contribution in [1.29, 1.82) is 0 Å². The largest absolute Gasteiger partial charge is 0.496 e. The highest BCUT2D eigenvalue weighted by Gasteiger charge is 2.17. The Kier molecular flexibility index (Phi) is 7.67. The van der Waals surface area contributed by atoms with E-state index in [2.05, 4.69) is 20.9 Å². The minimum absolute atomic E-state index is 0.106. The molecule has 3 aromatic rings. The molecule has 2 aromatic carbocycles. The van der Waals surface area contributed by atoms with Gasteiger partial charge >= 0.3 is 6.03 Å². The van der Waals surface area contributed by atoms with E-state index in [9.17, 15) is 14.0 Å². The van der Waals surface area contributed by atoms with Gasteiger partial charge in [0, 0.05) is 36.8 Å². The quantitative estimate of drug-likeness (QED) is 0.458. The maximum absolute atomic E-state index is 12.5. The second-order valence-corrected chi connectivity index (χ2v) is 6.96. The maximum atomic E-state index is 12.5. The minimum atomic E-state index is -0.677. The molecule has 0 saturated heterocycles. The fourth-order valence-electron chi connectivity index (χ4n) is 2.95. The number of carbonyl (C=O) groups is 2. The number of fused-ring (bicyclic) bond motifs is 1. The predicted octanol–water partition coefficient (Wildman–Crippen LogP) is 4.53. The number of halogens is 2. The third-order valence-electron chi connectivity index (χ3n) is 4.40. The molecule has 8 nitrogen and oxygen atoms in total. The van der Waals surface area contributed by atoms with Gasteiger partial charge in [0.05, 0.1) is 28.9 Å². The second-order valence-electron chi connectivity index (χ2n) is 6.55. The number of anilines is 1. The van der Waals surface area contributed by atoms with Crippen LogP contribution in [-0.4, -0.2) is 43.8 Å².